The van der Waals surface area contributed by atoms with Crippen LogP contribution in [-0.4, -0.2) is 27.3 Å². The quantitative estimate of drug-likeness (QED) is 0.528. The number of nitrogens with zero attached hydrogens (tertiary/aromatic N) is 2. The summed E-state index contributed by atoms with van der Waals surface area (Å²) < 4.78 is 0. The van der Waals surface area contributed by atoms with E-state index in [0.717, 1.165) is 0 Å². The van der Waals surface area contributed by atoms with Crippen molar-refractivity contribution in [3.63, 3.8) is 0 Å². The Morgan fingerprint density at radius 3 is 1.93 bits per heavy atom. The van der Waals surface area contributed by atoms with Gasteiger partial charge in [0, 0.05) is 12.4 Å². The van der Waals surface area contributed by atoms with Crippen LogP contribution in [0.5, 0.6) is 0 Å². The van der Waals surface area contributed by atoms with Crippen molar-refractivity contribution in [2.75, 3.05) is 0 Å². The highest BCUT2D eigenvalue weighted by Gasteiger charge is 2.30. The molecule has 0 aliphatic rings. The first-order valence-electron chi connectivity index (χ1n) is 4.36. The standard InChI is InChI=1S/C10H10N2O3/c1-6(13)8(7(2)14)9(15)10-11-4-3-5-12-10/h3-5,8H,1-2H3. The van der Waals surface area contributed by atoms with Crippen LogP contribution in [0.4, 0.5) is 0 Å². The second-order valence-corrected chi connectivity index (χ2v) is 3.09. The zero-order valence-corrected chi connectivity index (χ0v) is 8.43. The molecule has 0 aliphatic carbocycles. The first-order chi connectivity index (χ1) is 7.04. The molecule has 0 fully saturated rings. The van der Waals surface area contributed by atoms with E-state index < -0.39 is 23.3 Å². The van der Waals surface area contributed by atoms with Gasteiger partial charge in [0.05, 0.1) is 0 Å². The van der Waals surface area contributed by atoms with Gasteiger partial charge in [0.15, 0.2) is 5.82 Å². The minimum Gasteiger partial charge on any atom is -0.299 e. The number of aromatic nitrogens is 2. The number of carbonyl (C=O) groups excluding carboxylic acids is 3. The van der Waals surface area contributed by atoms with Gasteiger partial charge in [0.25, 0.3) is 0 Å². The molecule has 5 nitrogen and oxygen atoms in total. The number of Topliss-reactive ketones (excluding diaryl/α,β-unsaturated/α-hetero) is 3. The van der Waals surface area contributed by atoms with E-state index in [2.05, 4.69) is 9.97 Å². The van der Waals surface area contributed by atoms with E-state index in [-0.39, 0.29) is 5.82 Å². The summed E-state index contributed by atoms with van der Waals surface area (Å²) in [7, 11) is 0. The molecule has 0 unspecified atom stereocenters. The maximum Gasteiger partial charge on any atom is 0.217 e. The van der Waals surface area contributed by atoms with Gasteiger partial charge in [-0.05, 0) is 19.9 Å². The molecule has 0 aliphatic heterocycles. The van der Waals surface area contributed by atoms with Crippen LogP contribution in [0.2, 0.25) is 0 Å². The molecule has 1 rings (SSSR count). The van der Waals surface area contributed by atoms with E-state index in [1.54, 1.807) is 6.07 Å². The molecule has 1 aromatic rings. The Balaban J connectivity index is 3.02. The average Bonchev–Trinajstić information content (AvgIpc) is 2.18. The van der Waals surface area contributed by atoms with Crippen LogP contribution in [0, 0.1) is 5.92 Å². The summed E-state index contributed by atoms with van der Waals surface area (Å²) in [6, 6.07) is 1.55. The minimum atomic E-state index is -1.27. The van der Waals surface area contributed by atoms with E-state index in [1.165, 1.54) is 26.2 Å². The maximum atomic E-state index is 11.7. The highest BCUT2D eigenvalue weighted by molar-refractivity contribution is 6.22. The van der Waals surface area contributed by atoms with Crippen LogP contribution in [0.3, 0.4) is 0 Å². The number of hydrogen-bond donors (Lipinski definition) is 0. The Morgan fingerprint density at radius 1 is 1.07 bits per heavy atom. The van der Waals surface area contributed by atoms with Gasteiger partial charge in [-0.3, -0.25) is 14.4 Å². The van der Waals surface area contributed by atoms with Gasteiger partial charge < -0.3 is 0 Å². The third kappa shape index (κ3) is 2.52. The summed E-state index contributed by atoms with van der Waals surface area (Å²) in [5.41, 5.74) is 0. The highest BCUT2D eigenvalue weighted by Crippen LogP contribution is 2.07. The second kappa shape index (κ2) is 4.54. The fourth-order valence-corrected chi connectivity index (χ4v) is 1.21. The molecule has 1 aromatic heterocycles. The Hall–Kier alpha value is -1.91. The van der Waals surface area contributed by atoms with Crippen LogP contribution in [0.25, 0.3) is 0 Å². The van der Waals surface area contributed by atoms with Gasteiger partial charge >= 0.3 is 0 Å². The van der Waals surface area contributed by atoms with Gasteiger partial charge in [-0.15, -0.1) is 0 Å². The molecule has 0 spiro atoms. The minimum absolute atomic E-state index is 0.104. The van der Waals surface area contributed by atoms with Crippen molar-refractivity contribution in [1.82, 2.24) is 9.97 Å². The summed E-state index contributed by atoms with van der Waals surface area (Å²) in [5, 5.41) is 0. The zero-order chi connectivity index (χ0) is 11.4. The van der Waals surface area contributed by atoms with E-state index in [9.17, 15) is 14.4 Å². The van der Waals surface area contributed by atoms with Gasteiger partial charge in [-0.2, -0.15) is 0 Å². The Kier molecular flexibility index (Phi) is 3.38. The lowest BCUT2D eigenvalue weighted by Gasteiger charge is -2.06. The normalized spacial score (nSPS) is 10.1. The Morgan fingerprint density at radius 2 is 1.53 bits per heavy atom. The molecule has 0 atom stereocenters. The van der Waals surface area contributed by atoms with Gasteiger partial charge in [-0.25, -0.2) is 9.97 Å². The van der Waals surface area contributed by atoms with Crippen LogP contribution in [0.1, 0.15) is 24.5 Å². The van der Waals surface area contributed by atoms with Crippen molar-refractivity contribution in [2.24, 2.45) is 5.92 Å². The molecule has 15 heavy (non-hydrogen) atoms. The predicted molar refractivity (Wildman–Crippen MR) is 51.2 cm³/mol. The van der Waals surface area contributed by atoms with E-state index >= 15 is 0 Å². The molecule has 0 saturated heterocycles. The van der Waals surface area contributed by atoms with Gasteiger partial charge in [-0.1, -0.05) is 0 Å². The van der Waals surface area contributed by atoms with Gasteiger partial charge in [0.2, 0.25) is 5.78 Å². The molecule has 0 aromatic carbocycles. The Bertz CT molecular complexity index is 386. The third-order valence-electron chi connectivity index (χ3n) is 1.86. The summed E-state index contributed by atoms with van der Waals surface area (Å²) in [4.78, 5) is 41.3. The summed E-state index contributed by atoms with van der Waals surface area (Å²) in [6.45, 7) is 2.40. The van der Waals surface area contributed by atoms with Crippen molar-refractivity contribution < 1.29 is 14.4 Å². The van der Waals surface area contributed by atoms with Gasteiger partial charge in [0.1, 0.15) is 17.5 Å². The highest BCUT2D eigenvalue weighted by atomic mass is 16.2. The molecular formula is C10H10N2O3. The molecule has 0 saturated carbocycles. The molecule has 1 heterocycles. The smallest absolute Gasteiger partial charge is 0.217 e. The first kappa shape index (κ1) is 11.2. The number of ketones is 3. The second-order valence-electron chi connectivity index (χ2n) is 3.09. The number of hydrogen-bond acceptors (Lipinski definition) is 5. The predicted octanol–water partition coefficient (Wildman–Crippen LogP) is 0.454. The number of carbonyl (C=O) groups is 3. The molecule has 0 N–H and O–H groups in total. The maximum absolute atomic E-state index is 11.7. The summed E-state index contributed by atoms with van der Waals surface area (Å²) in [5.74, 6) is -2.99. The lowest BCUT2D eigenvalue weighted by Crippen LogP contribution is -2.29. The Labute approximate surface area is 86.5 Å². The van der Waals surface area contributed by atoms with Crippen LogP contribution < -0.4 is 0 Å². The van der Waals surface area contributed by atoms with Crippen molar-refractivity contribution in [3.05, 3.63) is 24.3 Å². The lowest BCUT2D eigenvalue weighted by molar-refractivity contribution is -0.128. The molecule has 0 bridgehead atoms. The van der Waals surface area contributed by atoms with Crippen LogP contribution >= 0.6 is 0 Å². The summed E-state index contributed by atoms with van der Waals surface area (Å²) in [6.07, 6.45) is 2.77. The fourth-order valence-electron chi connectivity index (χ4n) is 1.21. The fraction of sp³-hybridized carbons (Fsp3) is 0.300. The average molecular weight is 206 g/mol. The monoisotopic (exact) mass is 206 g/mol. The zero-order valence-electron chi connectivity index (χ0n) is 8.43. The van der Waals surface area contributed by atoms with Crippen LogP contribution in [0.15, 0.2) is 18.5 Å². The van der Waals surface area contributed by atoms with E-state index in [4.69, 9.17) is 0 Å². The van der Waals surface area contributed by atoms with Crippen molar-refractivity contribution in [1.29, 1.82) is 0 Å². The SMILES string of the molecule is CC(=O)C(C(C)=O)C(=O)c1ncccn1. The third-order valence-corrected chi connectivity index (χ3v) is 1.86. The van der Waals surface area contributed by atoms with E-state index in [1.807, 2.05) is 0 Å². The van der Waals surface area contributed by atoms with Crippen molar-refractivity contribution >= 4 is 17.3 Å². The molecule has 78 valence electrons. The molecule has 5 heteroatoms. The molecular weight excluding hydrogens is 196 g/mol. The van der Waals surface area contributed by atoms with Crippen molar-refractivity contribution in [2.45, 2.75) is 13.8 Å². The topological polar surface area (TPSA) is 77.0 Å². The van der Waals surface area contributed by atoms with E-state index in [0.29, 0.717) is 0 Å². The number of rotatable bonds is 4. The summed E-state index contributed by atoms with van der Waals surface area (Å²) >= 11 is 0. The molecule has 0 radical (unpaired) electrons. The lowest BCUT2D eigenvalue weighted by atomic mass is 9.95. The van der Waals surface area contributed by atoms with Crippen LogP contribution in [-0.2, 0) is 9.59 Å². The molecule has 0 amide bonds. The first-order valence-corrected chi connectivity index (χ1v) is 4.36. The van der Waals surface area contributed by atoms with Crippen molar-refractivity contribution in [3.8, 4) is 0 Å². The largest absolute Gasteiger partial charge is 0.299 e.